The highest BCUT2D eigenvalue weighted by Gasteiger charge is 2.25. The number of hydrogen-bond donors (Lipinski definition) is 0. The summed E-state index contributed by atoms with van der Waals surface area (Å²) in [5.74, 6) is 0.570. The number of non-ortho nitro benzene ring substituents is 1. The molecule has 7 heteroatoms. The van der Waals surface area contributed by atoms with Crippen molar-refractivity contribution in [2.75, 3.05) is 13.1 Å². The number of nitro groups is 1. The van der Waals surface area contributed by atoms with Crippen molar-refractivity contribution in [2.24, 2.45) is 4.99 Å². The lowest BCUT2D eigenvalue weighted by Gasteiger charge is -2.18. The molecule has 1 aliphatic rings. The molecule has 2 aromatic carbocycles. The van der Waals surface area contributed by atoms with Crippen LogP contribution in [0.4, 0.5) is 5.69 Å². The van der Waals surface area contributed by atoms with E-state index in [2.05, 4.69) is 37.0 Å². The third-order valence-electron chi connectivity index (χ3n) is 4.23. The lowest BCUT2D eigenvalue weighted by Crippen LogP contribution is -2.32. The molecule has 0 saturated carbocycles. The normalized spacial score (nSPS) is 13.6. The van der Waals surface area contributed by atoms with Crippen LogP contribution in [0.3, 0.4) is 0 Å². The number of benzene rings is 2. The summed E-state index contributed by atoms with van der Waals surface area (Å²) in [6.45, 7) is 5.25. The average molecular weight is 369 g/mol. The van der Waals surface area contributed by atoms with Gasteiger partial charge in [-0.15, -0.1) is 0 Å². The largest absolute Gasteiger partial charge is 0.286 e. The Kier molecular flexibility index (Phi) is 5.37. The van der Waals surface area contributed by atoms with Crippen molar-refractivity contribution >= 4 is 28.5 Å². The zero-order valence-electron chi connectivity index (χ0n) is 14.6. The molecule has 0 atom stereocenters. The number of hydrogen-bond acceptors (Lipinski definition) is 5. The molecule has 0 aliphatic carbocycles. The summed E-state index contributed by atoms with van der Waals surface area (Å²) in [4.78, 5) is 29.1. The van der Waals surface area contributed by atoms with E-state index in [-0.39, 0.29) is 11.6 Å². The van der Waals surface area contributed by atoms with Gasteiger partial charge in [-0.05, 0) is 37.1 Å². The lowest BCUT2D eigenvalue weighted by atomic mass is 10.1. The summed E-state index contributed by atoms with van der Waals surface area (Å²) in [5, 5.41) is 11.5. The van der Waals surface area contributed by atoms with Crippen LogP contribution in [0.25, 0.3) is 0 Å². The molecule has 0 bridgehead atoms. The Morgan fingerprint density at radius 3 is 2.65 bits per heavy atom. The quantitative estimate of drug-likeness (QED) is 0.604. The van der Waals surface area contributed by atoms with E-state index in [4.69, 9.17) is 0 Å². The molecular formula is C19H19N3O3S. The van der Waals surface area contributed by atoms with Gasteiger partial charge in [-0.3, -0.25) is 24.8 Å². The van der Waals surface area contributed by atoms with Crippen LogP contribution < -0.4 is 0 Å². The molecule has 2 aromatic rings. The van der Waals surface area contributed by atoms with Crippen LogP contribution in [0.5, 0.6) is 0 Å². The minimum absolute atomic E-state index is 0.0267. The topological polar surface area (TPSA) is 75.8 Å². The Balaban J connectivity index is 1.70. The van der Waals surface area contributed by atoms with E-state index in [9.17, 15) is 14.9 Å². The number of aliphatic imine (C=N–C) groups is 1. The zero-order chi connectivity index (χ0) is 18.7. The van der Waals surface area contributed by atoms with Crippen LogP contribution >= 0.6 is 11.8 Å². The van der Waals surface area contributed by atoms with Gasteiger partial charge in [0.15, 0.2) is 5.17 Å². The molecule has 0 saturated heterocycles. The maximum atomic E-state index is 12.7. The number of nitrogens with zero attached hydrogens (tertiary/aromatic N) is 3. The standard InChI is InChI=1S/C19H19N3O3S/c1-13-3-4-14(2)16(11-13)12-26-19-20-9-10-21(19)18(23)15-5-7-17(8-6-15)22(24)25/h3-8,11H,9-10,12H2,1-2H3. The number of aryl methyl sites for hydroxylation is 2. The minimum atomic E-state index is -0.475. The molecular weight excluding hydrogens is 350 g/mol. The van der Waals surface area contributed by atoms with Crippen LogP contribution in [-0.2, 0) is 5.75 Å². The molecule has 1 aliphatic heterocycles. The number of thioether (sulfide) groups is 1. The van der Waals surface area contributed by atoms with Crippen molar-refractivity contribution in [1.82, 2.24) is 4.90 Å². The number of nitro benzene ring substituents is 1. The van der Waals surface area contributed by atoms with Crippen molar-refractivity contribution < 1.29 is 9.72 Å². The SMILES string of the molecule is Cc1ccc(C)c(CSC2=NCCN2C(=O)c2ccc([N+](=O)[O-])cc2)c1. The second-order valence-corrected chi connectivity index (χ2v) is 7.09. The van der Waals surface area contributed by atoms with Gasteiger partial charge in [-0.25, -0.2) is 0 Å². The third-order valence-corrected chi connectivity index (χ3v) is 5.30. The molecule has 1 heterocycles. The van der Waals surface area contributed by atoms with Gasteiger partial charge < -0.3 is 0 Å². The smallest absolute Gasteiger partial charge is 0.269 e. The van der Waals surface area contributed by atoms with Crippen molar-refractivity contribution in [3.8, 4) is 0 Å². The lowest BCUT2D eigenvalue weighted by molar-refractivity contribution is -0.384. The molecule has 0 fully saturated rings. The Bertz CT molecular complexity index is 878. The summed E-state index contributed by atoms with van der Waals surface area (Å²) in [6.07, 6.45) is 0. The highest BCUT2D eigenvalue weighted by Crippen LogP contribution is 2.24. The van der Waals surface area contributed by atoms with Crippen LogP contribution in [0.2, 0.25) is 0 Å². The molecule has 26 heavy (non-hydrogen) atoms. The van der Waals surface area contributed by atoms with Crippen LogP contribution in [0, 0.1) is 24.0 Å². The maximum absolute atomic E-state index is 12.7. The predicted octanol–water partition coefficient (Wildman–Crippen LogP) is 3.96. The predicted molar refractivity (Wildman–Crippen MR) is 104 cm³/mol. The fourth-order valence-electron chi connectivity index (χ4n) is 2.72. The van der Waals surface area contributed by atoms with E-state index >= 15 is 0 Å². The van der Waals surface area contributed by atoms with Gasteiger partial charge in [0.05, 0.1) is 11.5 Å². The first-order valence-electron chi connectivity index (χ1n) is 8.25. The van der Waals surface area contributed by atoms with Crippen LogP contribution in [0.1, 0.15) is 27.0 Å². The van der Waals surface area contributed by atoms with Gasteiger partial charge in [0.2, 0.25) is 0 Å². The first-order chi connectivity index (χ1) is 12.5. The average Bonchev–Trinajstić information content (AvgIpc) is 3.10. The Labute approximate surface area is 156 Å². The molecule has 0 N–H and O–H groups in total. The summed E-state index contributed by atoms with van der Waals surface area (Å²) >= 11 is 1.55. The number of carbonyl (C=O) groups is 1. The molecule has 0 spiro atoms. The summed E-state index contributed by atoms with van der Waals surface area (Å²) in [6, 6.07) is 12.0. The zero-order valence-corrected chi connectivity index (χ0v) is 15.5. The van der Waals surface area contributed by atoms with E-state index < -0.39 is 4.92 Å². The van der Waals surface area contributed by atoms with Crippen LogP contribution in [0.15, 0.2) is 47.5 Å². The summed E-state index contributed by atoms with van der Waals surface area (Å²) < 4.78 is 0. The van der Waals surface area contributed by atoms with Gasteiger partial charge in [-0.1, -0.05) is 35.5 Å². The Morgan fingerprint density at radius 1 is 1.23 bits per heavy atom. The van der Waals surface area contributed by atoms with E-state index in [1.54, 1.807) is 16.7 Å². The van der Waals surface area contributed by atoms with Crippen LogP contribution in [-0.4, -0.2) is 34.0 Å². The van der Waals surface area contributed by atoms with Gasteiger partial charge >= 0.3 is 0 Å². The molecule has 0 radical (unpaired) electrons. The third kappa shape index (κ3) is 3.94. The fourth-order valence-corrected chi connectivity index (χ4v) is 3.83. The van der Waals surface area contributed by atoms with Gasteiger partial charge in [0, 0.05) is 30.0 Å². The highest BCUT2D eigenvalue weighted by molar-refractivity contribution is 8.13. The van der Waals surface area contributed by atoms with Crippen molar-refractivity contribution in [3.05, 3.63) is 74.8 Å². The van der Waals surface area contributed by atoms with E-state index in [0.29, 0.717) is 23.8 Å². The van der Waals surface area contributed by atoms with Gasteiger partial charge in [-0.2, -0.15) is 0 Å². The number of carbonyl (C=O) groups excluding carboxylic acids is 1. The van der Waals surface area contributed by atoms with Gasteiger partial charge in [0.1, 0.15) is 0 Å². The minimum Gasteiger partial charge on any atom is -0.286 e. The Hall–Kier alpha value is -2.67. The summed E-state index contributed by atoms with van der Waals surface area (Å²) in [5.41, 5.74) is 4.05. The van der Waals surface area contributed by atoms with Crippen molar-refractivity contribution in [1.29, 1.82) is 0 Å². The first-order valence-corrected chi connectivity index (χ1v) is 9.24. The number of rotatable bonds is 4. The molecule has 134 valence electrons. The molecule has 6 nitrogen and oxygen atoms in total. The maximum Gasteiger partial charge on any atom is 0.269 e. The number of amidine groups is 1. The highest BCUT2D eigenvalue weighted by atomic mass is 32.2. The van der Waals surface area contributed by atoms with E-state index in [1.807, 2.05) is 0 Å². The second kappa shape index (κ2) is 7.70. The Morgan fingerprint density at radius 2 is 1.96 bits per heavy atom. The number of amides is 1. The van der Waals surface area contributed by atoms with E-state index in [0.717, 1.165) is 5.75 Å². The van der Waals surface area contributed by atoms with Crippen molar-refractivity contribution in [2.45, 2.75) is 19.6 Å². The molecule has 0 aromatic heterocycles. The summed E-state index contributed by atoms with van der Waals surface area (Å²) in [7, 11) is 0. The monoisotopic (exact) mass is 369 g/mol. The molecule has 0 unspecified atom stereocenters. The molecule has 3 rings (SSSR count). The van der Waals surface area contributed by atoms with Crippen molar-refractivity contribution in [3.63, 3.8) is 0 Å². The van der Waals surface area contributed by atoms with E-state index in [1.165, 1.54) is 41.0 Å². The molecule has 1 amide bonds. The second-order valence-electron chi connectivity index (χ2n) is 6.14. The first kappa shape index (κ1) is 18.1. The fraction of sp³-hybridized carbons (Fsp3) is 0.263. The van der Waals surface area contributed by atoms with Gasteiger partial charge in [0.25, 0.3) is 11.6 Å².